The van der Waals surface area contributed by atoms with E-state index >= 15 is 0 Å². The molecule has 0 aliphatic carbocycles. The molecule has 0 unspecified atom stereocenters. The Bertz CT molecular complexity index is 545. The van der Waals surface area contributed by atoms with E-state index in [-0.39, 0.29) is 16.5 Å². The number of sulfone groups is 1. The van der Waals surface area contributed by atoms with E-state index in [1.807, 2.05) is 0 Å². The lowest BCUT2D eigenvalue weighted by Crippen LogP contribution is -2.11. The van der Waals surface area contributed by atoms with Gasteiger partial charge >= 0.3 is 5.97 Å². The number of carboxylic acid groups (broad SMARTS) is 1. The summed E-state index contributed by atoms with van der Waals surface area (Å²) >= 11 is 5.66. The monoisotopic (exact) mass is 292 g/mol. The van der Waals surface area contributed by atoms with Crippen molar-refractivity contribution in [3.63, 3.8) is 0 Å². The normalized spacial score (nSPS) is 11.2. The first-order chi connectivity index (χ1) is 8.29. The third-order valence-corrected chi connectivity index (χ3v) is 3.38. The predicted octanol–water partition coefficient (Wildman–Crippen LogP) is 1.28. The minimum Gasteiger partial charge on any atom is -0.476 e. The highest BCUT2D eigenvalue weighted by Crippen LogP contribution is 2.16. The average Bonchev–Trinajstić information content (AvgIpc) is 2.24. The summed E-state index contributed by atoms with van der Waals surface area (Å²) in [6.45, 7) is 0.390. The maximum absolute atomic E-state index is 10.9. The van der Waals surface area contributed by atoms with Gasteiger partial charge in [0, 0.05) is 12.8 Å². The van der Waals surface area contributed by atoms with Gasteiger partial charge in [-0.1, -0.05) is 11.6 Å². The van der Waals surface area contributed by atoms with Gasteiger partial charge in [-0.05, 0) is 18.6 Å². The number of nitrogens with one attached hydrogen (secondary N) is 1. The molecule has 1 aromatic heterocycles. The van der Waals surface area contributed by atoms with Gasteiger partial charge in [-0.3, -0.25) is 0 Å². The minimum atomic E-state index is -2.98. The van der Waals surface area contributed by atoms with Crippen LogP contribution in [0.2, 0.25) is 5.02 Å². The molecule has 0 aliphatic heterocycles. The number of carboxylic acids is 1. The number of aromatic nitrogens is 1. The van der Waals surface area contributed by atoms with E-state index in [0.717, 1.165) is 6.26 Å². The third kappa shape index (κ3) is 4.89. The van der Waals surface area contributed by atoms with E-state index in [9.17, 15) is 13.2 Å². The molecule has 0 atom stereocenters. The van der Waals surface area contributed by atoms with E-state index in [2.05, 4.69) is 10.3 Å². The van der Waals surface area contributed by atoms with E-state index < -0.39 is 15.8 Å². The Hall–Kier alpha value is -1.34. The van der Waals surface area contributed by atoms with Crippen LogP contribution in [-0.2, 0) is 9.84 Å². The fourth-order valence-electron chi connectivity index (χ4n) is 1.24. The fourth-order valence-corrected chi connectivity index (χ4v) is 2.10. The van der Waals surface area contributed by atoms with Crippen LogP contribution < -0.4 is 5.32 Å². The molecule has 8 heteroatoms. The van der Waals surface area contributed by atoms with Crippen LogP contribution >= 0.6 is 11.6 Å². The minimum absolute atomic E-state index is 0.0594. The van der Waals surface area contributed by atoms with Gasteiger partial charge in [0.25, 0.3) is 0 Å². The van der Waals surface area contributed by atoms with Crippen LogP contribution in [0.25, 0.3) is 0 Å². The Morgan fingerprint density at radius 1 is 1.50 bits per heavy atom. The van der Waals surface area contributed by atoms with E-state index in [1.54, 1.807) is 0 Å². The second-order valence-corrected chi connectivity index (χ2v) is 6.41. The second-order valence-electron chi connectivity index (χ2n) is 3.74. The number of aromatic carboxylic acids is 1. The molecule has 100 valence electrons. The number of hydrogen-bond donors (Lipinski definition) is 2. The first kappa shape index (κ1) is 14.7. The SMILES string of the molecule is CS(=O)(=O)CCCNc1ccc(Cl)c(C(=O)O)n1. The molecule has 0 spiro atoms. The van der Waals surface area contributed by atoms with Crippen LogP contribution in [0.15, 0.2) is 12.1 Å². The number of halogens is 1. The van der Waals surface area contributed by atoms with Crippen molar-refractivity contribution in [1.82, 2.24) is 4.98 Å². The highest BCUT2D eigenvalue weighted by atomic mass is 35.5. The Morgan fingerprint density at radius 2 is 2.17 bits per heavy atom. The van der Waals surface area contributed by atoms with E-state index in [0.29, 0.717) is 18.8 Å². The lowest BCUT2D eigenvalue weighted by Gasteiger charge is -2.06. The summed E-state index contributed by atoms with van der Waals surface area (Å²) < 4.78 is 21.8. The molecule has 0 amide bonds. The summed E-state index contributed by atoms with van der Waals surface area (Å²) in [7, 11) is -2.98. The number of hydrogen-bond acceptors (Lipinski definition) is 5. The summed E-state index contributed by atoms with van der Waals surface area (Å²) in [6, 6.07) is 2.96. The predicted molar refractivity (Wildman–Crippen MR) is 69.0 cm³/mol. The molecule has 2 N–H and O–H groups in total. The largest absolute Gasteiger partial charge is 0.476 e. The van der Waals surface area contributed by atoms with Crippen molar-refractivity contribution in [2.45, 2.75) is 6.42 Å². The fraction of sp³-hybridized carbons (Fsp3) is 0.400. The molecule has 0 aromatic carbocycles. The highest BCUT2D eigenvalue weighted by Gasteiger charge is 2.11. The Morgan fingerprint density at radius 3 is 2.72 bits per heavy atom. The molecule has 18 heavy (non-hydrogen) atoms. The zero-order valence-corrected chi connectivity index (χ0v) is 11.3. The molecule has 1 aromatic rings. The number of pyridine rings is 1. The van der Waals surface area contributed by atoms with Gasteiger partial charge in [0.05, 0.1) is 10.8 Å². The van der Waals surface area contributed by atoms with Gasteiger partial charge in [-0.25, -0.2) is 18.2 Å². The lowest BCUT2D eigenvalue weighted by atomic mass is 10.3. The topological polar surface area (TPSA) is 96.4 Å². The van der Waals surface area contributed by atoms with Crippen LogP contribution in [0.1, 0.15) is 16.9 Å². The Balaban J connectivity index is 2.58. The van der Waals surface area contributed by atoms with Crippen molar-refractivity contribution in [3.8, 4) is 0 Å². The number of nitrogens with zero attached hydrogens (tertiary/aromatic N) is 1. The van der Waals surface area contributed by atoms with Gasteiger partial charge < -0.3 is 10.4 Å². The molecular formula is C10H13ClN2O4S. The van der Waals surface area contributed by atoms with Crippen molar-refractivity contribution in [2.24, 2.45) is 0 Å². The van der Waals surface area contributed by atoms with Gasteiger partial charge in [-0.2, -0.15) is 0 Å². The Labute approximate surface area is 110 Å². The van der Waals surface area contributed by atoms with Gasteiger partial charge in [-0.15, -0.1) is 0 Å². The lowest BCUT2D eigenvalue weighted by molar-refractivity contribution is 0.0691. The zero-order valence-electron chi connectivity index (χ0n) is 9.68. The van der Waals surface area contributed by atoms with Crippen LogP contribution in [0.3, 0.4) is 0 Å². The van der Waals surface area contributed by atoms with Gasteiger partial charge in [0.1, 0.15) is 15.7 Å². The standard InChI is InChI=1S/C10H13ClN2O4S/c1-18(16,17)6-2-5-12-8-4-3-7(11)9(13-8)10(14)15/h3-4H,2,5-6H2,1H3,(H,12,13)(H,14,15). The van der Waals surface area contributed by atoms with Crippen molar-refractivity contribution in [1.29, 1.82) is 0 Å². The molecule has 6 nitrogen and oxygen atoms in total. The molecule has 0 aliphatic rings. The molecule has 1 rings (SSSR count). The van der Waals surface area contributed by atoms with Crippen molar-refractivity contribution >= 4 is 33.2 Å². The maximum atomic E-state index is 10.9. The molecule has 0 radical (unpaired) electrons. The smallest absolute Gasteiger partial charge is 0.356 e. The third-order valence-electron chi connectivity index (χ3n) is 2.05. The zero-order chi connectivity index (χ0) is 13.8. The number of carbonyl (C=O) groups is 1. The number of rotatable bonds is 6. The van der Waals surface area contributed by atoms with Gasteiger partial charge in [0.15, 0.2) is 5.69 Å². The average molecular weight is 293 g/mol. The molecular weight excluding hydrogens is 280 g/mol. The second kappa shape index (κ2) is 6.01. The summed E-state index contributed by atoms with van der Waals surface area (Å²) in [5.74, 6) is -0.788. The molecule has 0 saturated carbocycles. The Kier molecular flexibility index (Phi) is 4.92. The van der Waals surface area contributed by atoms with Crippen LogP contribution in [0, 0.1) is 0 Å². The highest BCUT2D eigenvalue weighted by molar-refractivity contribution is 7.90. The molecule has 0 saturated heterocycles. The molecule has 0 bridgehead atoms. The van der Waals surface area contributed by atoms with Crippen molar-refractivity contribution in [3.05, 3.63) is 22.8 Å². The van der Waals surface area contributed by atoms with Crippen molar-refractivity contribution in [2.75, 3.05) is 23.9 Å². The van der Waals surface area contributed by atoms with E-state index in [1.165, 1.54) is 12.1 Å². The molecule has 0 fully saturated rings. The van der Waals surface area contributed by atoms with E-state index in [4.69, 9.17) is 16.7 Å². The number of anilines is 1. The summed E-state index contributed by atoms with van der Waals surface area (Å²) in [4.78, 5) is 14.6. The summed E-state index contributed by atoms with van der Waals surface area (Å²) in [5, 5.41) is 11.7. The van der Waals surface area contributed by atoms with Crippen molar-refractivity contribution < 1.29 is 18.3 Å². The molecule has 1 heterocycles. The van der Waals surface area contributed by atoms with Crippen LogP contribution in [0.4, 0.5) is 5.82 Å². The maximum Gasteiger partial charge on any atom is 0.356 e. The van der Waals surface area contributed by atoms with Crippen LogP contribution in [-0.4, -0.2) is 43.0 Å². The summed E-state index contributed by atoms with van der Waals surface area (Å²) in [6.07, 6.45) is 1.58. The van der Waals surface area contributed by atoms with Crippen LogP contribution in [0.5, 0.6) is 0 Å². The first-order valence-corrected chi connectivity index (χ1v) is 7.55. The van der Waals surface area contributed by atoms with Gasteiger partial charge in [0.2, 0.25) is 0 Å². The first-order valence-electron chi connectivity index (χ1n) is 5.11. The quantitative estimate of drug-likeness (QED) is 0.767. The summed E-state index contributed by atoms with van der Waals surface area (Å²) in [5.41, 5.74) is -0.232.